The molecular formula is C13H24N2O. The average molecular weight is 224 g/mol. The molecule has 92 valence electrons. The summed E-state index contributed by atoms with van der Waals surface area (Å²) in [5.41, 5.74) is 1.36. The molecule has 0 amide bonds. The van der Waals surface area contributed by atoms with Crippen LogP contribution in [0.5, 0.6) is 0 Å². The first-order chi connectivity index (χ1) is 7.76. The van der Waals surface area contributed by atoms with E-state index >= 15 is 0 Å². The van der Waals surface area contributed by atoms with Gasteiger partial charge in [0.1, 0.15) is 0 Å². The fourth-order valence-corrected chi connectivity index (χ4v) is 1.68. The van der Waals surface area contributed by atoms with E-state index in [4.69, 9.17) is 4.74 Å². The first kappa shape index (κ1) is 13.3. The Kier molecular flexibility index (Phi) is 6.19. The van der Waals surface area contributed by atoms with E-state index in [1.54, 1.807) is 7.11 Å². The second-order valence-corrected chi connectivity index (χ2v) is 4.32. The molecule has 1 unspecified atom stereocenters. The zero-order valence-electron chi connectivity index (χ0n) is 10.7. The Morgan fingerprint density at radius 2 is 2.31 bits per heavy atom. The summed E-state index contributed by atoms with van der Waals surface area (Å²) in [4.78, 5) is 0. The highest BCUT2D eigenvalue weighted by molar-refractivity contribution is 5.09. The minimum Gasteiger partial charge on any atom is -0.385 e. The van der Waals surface area contributed by atoms with Crippen LogP contribution >= 0.6 is 0 Å². The van der Waals surface area contributed by atoms with Gasteiger partial charge in [0.2, 0.25) is 0 Å². The topological polar surface area (TPSA) is 26.2 Å². The van der Waals surface area contributed by atoms with Gasteiger partial charge in [-0.25, -0.2) is 0 Å². The van der Waals surface area contributed by atoms with Crippen LogP contribution in [0, 0.1) is 0 Å². The van der Waals surface area contributed by atoms with Gasteiger partial charge in [-0.15, -0.1) is 0 Å². The smallest absolute Gasteiger partial charge is 0.0476 e. The summed E-state index contributed by atoms with van der Waals surface area (Å²) in [6, 6.07) is 2.69. The lowest BCUT2D eigenvalue weighted by Gasteiger charge is -2.12. The maximum Gasteiger partial charge on any atom is 0.0476 e. The molecule has 0 radical (unpaired) electrons. The Hall–Kier alpha value is -0.800. The second-order valence-electron chi connectivity index (χ2n) is 4.32. The first-order valence-corrected chi connectivity index (χ1v) is 6.13. The van der Waals surface area contributed by atoms with Crippen molar-refractivity contribution in [1.82, 2.24) is 9.88 Å². The molecule has 1 heterocycles. The number of hydrogen-bond donors (Lipinski definition) is 1. The van der Waals surface area contributed by atoms with E-state index in [1.807, 2.05) is 0 Å². The third kappa shape index (κ3) is 4.81. The molecule has 16 heavy (non-hydrogen) atoms. The minimum atomic E-state index is 0.509. The summed E-state index contributed by atoms with van der Waals surface area (Å²) in [6.45, 7) is 7.28. The zero-order chi connectivity index (χ0) is 11.8. The predicted octanol–water partition coefficient (Wildman–Crippen LogP) is 2.41. The summed E-state index contributed by atoms with van der Waals surface area (Å²) in [7, 11) is 1.75. The van der Waals surface area contributed by atoms with Crippen molar-refractivity contribution in [2.24, 2.45) is 0 Å². The molecule has 0 aliphatic carbocycles. The largest absolute Gasteiger partial charge is 0.385 e. The number of aromatic nitrogens is 1. The first-order valence-electron chi connectivity index (χ1n) is 6.13. The molecule has 0 saturated carbocycles. The molecule has 1 aromatic rings. The van der Waals surface area contributed by atoms with Gasteiger partial charge in [0, 0.05) is 45.2 Å². The lowest BCUT2D eigenvalue weighted by Crippen LogP contribution is -2.26. The number of rotatable bonds is 8. The van der Waals surface area contributed by atoms with Crippen molar-refractivity contribution in [2.75, 3.05) is 13.7 Å². The summed E-state index contributed by atoms with van der Waals surface area (Å²) < 4.78 is 7.30. The number of hydrogen-bond acceptors (Lipinski definition) is 2. The molecular weight excluding hydrogens is 200 g/mol. The van der Waals surface area contributed by atoms with E-state index in [0.717, 1.165) is 26.1 Å². The Bertz CT molecular complexity index is 283. The van der Waals surface area contributed by atoms with Crippen LogP contribution in [-0.4, -0.2) is 24.3 Å². The van der Waals surface area contributed by atoms with Gasteiger partial charge in [0.25, 0.3) is 0 Å². The van der Waals surface area contributed by atoms with Gasteiger partial charge in [0.05, 0.1) is 0 Å². The van der Waals surface area contributed by atoms with E-state index in [-0.39, 0.29) is 0 Å². The van der Waals surface area contributed by atoms with Crippen molar-refractivity contribution in [3.8, 4) is 0 Å². The molecule has 1 atom stereocenters. The van der Waals surface area contributed by atoms with Crippen molar-refractivity contribution >= 4 is 0 Å². The Morgan fingerprint density at radius 1 is 1.50 bits per heavy atom. The second kappa shape index (κ2) is 7.47. The molecule has 0 saturated heterocycles. The lowest BCUT2D eigenvalue weighted by molar-refractivity contribution is 0.184. The standard InChI is InChI=1S/C13H24N2O/c1-4-7-15-8-5-13(11-15)10-14-12(2)6-9-16-3/h5,8,11-12,14H,4,6-7,9-10H2,1-3H3. The normalized spacial score (nSPS) is 12.9. The molecule has 3 nitrogen and oxygen atoms in total. The fraction of sp³-hybridized carbons (Fsp3) is 0.692. The third-order valence-electron chi connectivity index (χ3n) is 2.70. The molecule has 1 N–H and O–H groups in total. The number of aryl methyl sites for hydroxylation is 1. The number of nitrogens with zero attached hydrogens (tertiary/aromatic N) is 1. The average Bonchev–Trinajstić information content (AvgIpc) is 2.72. The van der Waals surface area contributed by atoms with E-state index in [0.29, 0.717) is 6.04 Å². The van der Waals surface area contributed by atoms with Crippen LogP contribution < -0.4 is 5.32 Å². The molecule has 0 spiro atoms. The Labute approximate surface area is 98.8 Å². The number of nitrogens with one attached hydrogen (secondary N) is 1. The van der Waals surface area contributed by atoms with Gasteiger partial charge in [-0.3, -0.25) is 0 Å². The molecule has 1 aromatic heterocycles. The minimum absolute atomic E-state index is 0.509. The monoisotopic (exact) mass is 224 g/mol. The number of methoxy groups -OCH3 is 1. The molecule has 3 heteroatoms. The molecule has 0 fully saturated rings. The van der Waals surface area contributed by atoms with Gasteiger partial charge in [-0.1, -0.05) is 6.92 Å². The molecule has 0 aromatic carbocycles. The number of ether oxygens (including phenoxy) is 1. The van der Waals surface area contributed by atoms with E-state index in [1.165, 1.54) is 12.0 Å². The van der Waals surface area contributed by atoms with Crippen molar-refractivity contribution in [1.29, 1.82) is 0 Å². The summed E-state index contributed by atoms with van der Waals surface area (Å²) in [5, 5.41) is 3.50. The predicted molar refractivity (Wildman–Crippen MR) is 67.5 cm³/mol. The van der Waals surface area contributed by atoms with Crippen LogP contribution in [0.4, 0.5) is 0 Å². The van der Waals surface area contributed by atoms with Gasteiger partial charge in [0.15, 0.2) is 0 Å². The Morgan fingerprint density at radius 3 is 3.00 bits per heavy atom. The maximum atomic E-state index is 5.06. The lowest BCUT2D eigenvalue weighted by atomic mass is 10.2. The highest BCUT2D eigenvalue weighted by atomic mass is 16.5. The van der Waals surface area contributed by atoms with Crippen molar-refractivity contribution < 1.29 is 4.74 Å². The third-order valence-corrected chi connectivity index (χ3v) is 2.70. The van der Waals surface area contributed by atoms with Crippen LogP contribution in [0.25, 0.3) is 0 Å². The van der Waals surface area contributed by atoms with Gasteiger partial charge in [-0.05, 0) is 31.4 Å². The van der Waals surface area contributed by atoms with Crippen LogP contribution in [0.15, 0.2) is 18.5 Å². The fourth-order valence-electron chi connectivity index (χ4n) is 1.68. The molecule has 0 aliphatic heterocycles. The SMILES string of the molecule is CCCn1ccc(CNC(C)CCOC)c1. The van der Waals surface area contributed by atoms with Crippen molar-refractivity contribution in [3.05, 3.63) is 24.0 Å². The van der Waals surface area contributed by atoms with E-state index in [2.05, 4.69) is 42.2 Å². The van der Waals surface area contributed by atoms with Crippen LogP contribution in [0.1, 0.15) is 32.3 Å². The van der Waals surface area contributed by atoms with E-state index in [9.17, 15) is 0 Å². The van der Waals surface area contributed by atoms with Crippen LogP contribution in [0.3, 0.4) is 0 Å². The van der Waals surface area contributed by atoms with Gasteiger partial charge < -0.3 is 14.6 Å². The van der Waals surface area contributed by atoms with Crippen LogP contribution in [-0.2, 0) is 17.8 Å². The summed E-state index contributed by atoms with van der Waals surface area (Å²) in [5.74, 6) is 0. The summed E-state index contributed by atoms with van der Waals surface area (Å²) >= 11 is 0. The van der Waals surface area contributed by atoms with Crippen molar-refractivity contribution in [2.45, 2.75) is 45.8 Å². The van der Waals surface area contributed by atoms with Crippen molar-refractivity contribution in [3.63, 3.8) is 0 Å². The quantitative estimate of drug-likeness (QED) is 0.734. The maximum absolute atomic E-state index is 5.06. The highest BCUT2D eigenvalue weighted by Crippen LogP contribution is 2.03. The van der Waals surface area contributed by atoms with Gasteiger partial charge in [-0.2, -0.15) is 0 Å². The highest BCUT2D eigenvalue weighted by Gasteiger charge is 2.02. The summed E-state index contributed by atoms with van der Waals surface area (Å²) in [6.07, 6.45) is 6.62. The van der Waals surface area contributed by atoms with E-state index < -0.39 is 0 Å². The van der Waals surface area contributed by atoms with Crippen LogP contribution in [0.2, 0.25) is 0 Å². The molecule has 1 rings (SSSR count). The Balaban J connectivity index is 2.25. The zero-order valence-corrected chi connectivity index (χ0v) is 10.7. The molecule has 0 bridgehead atoms. The molecule has 0 aliphatic rings. The van der Waals surface area contributed by atoms with Gasteiger partial charge >= 0.3 is 0 Å².